The Bertz CT molecular complexity index is 1190. The molecule has 3 aliphatic rings. The van der Waals surface area contributed by atoms with Gasteiger partial charge < -0.3 is 20.3 Å². The molecule has 1 saturated heterocycles. The second kappa shape index (κ2) is 8.12. The van der Waals surface area contributed by atoms with E-state index >= 15 is 0 Å². The summed E-state index contributed by atoms with van der Waals surface area (Å²) < 4.78 is 34.3. The molecule has 0 amide bonds. The third-order valence-electron chi connectivity index (χ3n) is 6.83. The average Bonchev–Trinajstić information content (AvgIpc) is 2.87. The maximum atomic E-state index is 14.0. The zero-order chi connectivity index (χ0) is 23.2. The van der Waals surface area contributed by atoms with Crippen LogP contribution in [0.25, 0.3) is 11.1 Å². The topological polar surface area (TPSA) is 88.1 Å². The second-order valence-electron chi connectivity index (χ2n) is 9.03. The number of piperazine rings is 1. The maximum absolute atomic E-state index is 14.0. The number of aromatic nitrogens is 4. The van der Waals surface area contributed by atoms with Crippen LogP contribution in [0.1, 0.15) is 31.4 Å². The van der Waals surface area contributed by atoms with E-state index < -0.39 is 11.5 Å². The van der Waals surface area contributed by atoms with Crippen LogP contribution in [0.2, 0.25) is 0 Å². The molecule has 0 unspecified atom stereocenters. The Morgan fingerprint density at radius 3 is 2.53 bits per heavy atom. The van der Waals surface area contributed by atoms with E-state index in [1.54, 1.807) is 12.4 Å². The van der Waals surface area contributed by atoms with E-state index in [1.165, 1.54) is 0 Å². The minimum atomic E-state index is -2.69. The normalized spacial score (nSPS) is 20.2. The van der Waals surface area contributed by atoms with E-state index in [9.17, 15) is 8.78 Å². The van der Waals surface area contributed by atoms with Gasteiger partial charge in [0.1, 0.15) is 5.82 Å². The molecular formula is C24H25F2N7O. The van der Waals surface area contributed by atoms with Crippen molar-refractivity contribution in [3.05, 3.63) is 48.5 Å². The lowest BCUT2D eigenvalue weighted by molar-refractivity contribution is -0.0992. The number of nitrogens with one attached hydrogen (secondary N) is 2. The van der Waals surface area contributed by atoms with Crippen LogP contribution in [-0.2, 0) is 5.60 Å². The molecule has 0 atom stereocenters. The standard InChI is InChI=1S/C24H25F2N7O/c25-24(26)7-5-23(6-8-24)20-18(17-2-1-9-28-21(17)34-23)15-30-22(32-20)31-19-4-3-16(14-29-19)33-12-10-27-11-13-33/h1-4,9,14-15,27H,5-8,10-13H2,(H,29,30,31,32). The fourth-order valence-corrected chi connectivity index (χ4v) is 4.94. The Morgan fingerprint density at radius 2 is 1.76 bits per heavy atom. The van der Waals surface area contributed by atoms with Crippen LogP contribution in [0.3, 0.4) is 0 Å². The van der Waals surface area contributed by atoms with Gasteiger partial charge >= 0.3 is 0 Å². The molecule has 0 aromatic carbocycles. The van der Waals surface area contributed by atoms with Crippen molar-refractivity contribution in [1.82, 2.24) is 25.3 Å². The first-order valence-electron chi connectivity index (χ1n) is 11.6. The van der Waals surface area contributed by atoms with Gasteiger partial charge in [-0.05, 0) is 37.1 Å². The molecule has 6 rings (SSSR count). The molecule has 2 fully saturated rings. The van der Waals surface area contributed by atoms with Crippen molar-refractivity contribution in [3.63, 3.8) is 0 Å². The number of fused-ring (bicyclic) bond motifs is 4. The summed E-state index contributed by atoms with van der Waals surface area (Å²) in [7, 11) is 0. The molecule has 0 radical (unpaired) electrons. The second-order valence-corrected chi connectivity index (χ2v) is 9.03. The van der Waals surface area contributed by atoms with Crippen molar-refractivity contribution in [3.8, 4) is 17.0 Å². The predicted octanol–water partition coefficient (Wildman–Crippen LogP) is 3.88. The first-order chi connectivity index (χ1) is 16.5. The lowest BCUT2D eigenvalue weighted by Gasteiger charge is -2.42. The summed E-state index contributed by atoms with van der Waals surface area (Å²) in [6.07, 6.45) is 5.02. The molecule has 3 aromatic rings. The molecule has 3 aromatic heterocycles. The van der Waals surface area contributed by atoms with Gasteiger partial charge in [0, 0.05) is 62.5 Å². The lowest BCUT2D eigenvalue weighted by atomic mass is 9.77. The molecule has 10 heteroatoms. The van der Waals surface area contributed by atoms with E-state index in [1.807, 2.05) is 30.5 Å². The van der Waals surface area contributed by atoms with Gasteiger partial charge in [0.2, 0.25) is 17.8 Å². The van der Waals surface area contributed by atoms with Crippen LogP contribution in [0.15, 0.2) is 42.9 Å². The van der Waals surface area contributed by atoms with Gasteiger partial charge in [0.05, 0.1) is 17.6 Å². The zero-order valence-electron chi connectivity index (χ0n) is 18.6. The van der Waals surface area contributed by atoms with Crippen LogP contribution < -0.4 is 20.3 Å². The van der Waals surface area contributed by atoms with Crippen molar-refractivity contribution in [2.45, 2.75) is 37.2 Å². The van der Waals surface area contributed by atoms with Crippen molar-refractivity contribution in [2.24, 2.45) is 0 Å². The van der Waals surface area contributed by atoms with Crippen LogP contribution in [0.4, 0.5) is 26.2 Å². The van der Waals surface area contributed by atoms with Gasteiger partial charge in [-0.3, -0.25) is 0 Å². The highest BCUT2D eigenvalue weighted by Crippen LogP contribution is 2.52. The molecule has 8 nitrogen and oxygen atoms in total. The third kappa shape index (κ3) is 3.81. The highest BCUT2D eigenvalue weighted by Gasteiger charge is 2.50. The highest BCUT2D eigenvalue weighted by molar-refractivity contribution is 5.74. The number of anilines is 3. The summed E-state index contributed by atoms with van der Waals surface area (Å²) in [5, 5.41) is 6.50. The van der Waals surface area contributed by atoms with Crippen molar-refractivity contribution < 1.29 is 13.5 Å². The fourth-order valence-electron chi connectivity index (χ4n) is 4.94. The summed E-state index contributed by atoms with van der Waals surface area (Å²) in [4.78, 5) is 20.4. The number of nitrogens with zero attached hydrogens (tertiary/aromatic N) is 5. The van der Waals surface area contributed by atoms with Crippen LogP contribution in [0, 0.1) is 0 Å². The molecule has 2 N–H and O–H groups in total. The van der Waals surface area contributed by atoms with Crippen molar-refractivity contribution in [2.75, 3.05) is 36.4 Å². The van der Waals surface area contributed by atoms with Crippen molar-refractivity contribution >= 4 is 17.5 Å². The lowest BCUT2D eigenvalue weighted by Crippen LogP contribution is -2.44. The molecule has 1 spiro atoms. The van der Waals surface area contributed by atoms with Gasteiger partial charge in [0.25, 0.3) is 0 Å². The quantitative estimate of drug-likeness (QED) is 0.603. The molecule has 0 bridgehead atoms. The zero-order valence-corrected chi connectivity index (χ0v) is 18.6. The molecule has 2 aliphatic heterocycles. The predicted molar refractivity (Wildman–Crippen MR) is 124 cm³/mol. The van der Waals surface area contributed by atoms with E-state index in [2.05, 4.69) is 30.5 Å². The summed E-state index contributed by atoms with van der Waals surface area (Å²) in [5.41, 5.74) is 2.28. The minimum absolute atomic E-state index is 0.164. The number of ether oxygens (including phenoxy) is 1. The Labute approximate surface area is 195 Å². The largest absolute Gasteiger partial charge is 0.464 e. The summed E-state index contributed by atoms with van der Waals surface area (Å²) >= 11 is 0. The summed E-state index contributed by atoms with van der Waals surface area (Å²) in [6, 6.07) is 7.62. The average molecular weight is 466 g/mol. The van der Waals surface area contributed by atoms with Crippen LogP contribution >= 0.6 is 0 Å². The summed E-state index contributed by atoms with van der Waals surface area (Å²) in [6.45, 7) is 3.80. The molecule has 176 valence electrons. The number of alkyl halides is 2. The maximum Gasteiger partial charge on any atom is 0.248 e. The fraction of sp³-hybridized carbons (Fsp3) is 0.417. The molecule has 1 saturated carbocycles. The van der Waals surface area contributed by atoms with Gasteiger partial charge in [-0.25, -0.2) is 28.7 Å². The van der Waals surface area contributed by atoms with Crippen molar-refractivity contribution in [1.29, 1.82) is 0 Å². The highest BCUT2D eigenvalue weighted by atomic mass is 19.3. The summed E-state index contributed by atoms with van der Waals surface area (Å²) in [5.74, 6) is -1.28. The number of halogens is 2. The van der Waals surface area contributed by atoms with E-state index in [0.29, 0.717) is 23.3 Å². The monoisotopic (exact) mass is 465 g/mol. The number of rotatable bonds is 3. The van der Waals surface area contributed by atoms with Crippen LogP contribution in [-0.4, -0.2) is 52.0 Å². The Hall–Kier alpha value is -3.40. The van der Waals surface area contributed by atoms with Gasteiger partial charge in [-0.15, -0.1) is 0 Å². The van der Waals surface area contributed by atoms with E-state index in [0.717, 1.165) is 43.0 Å². The smallest absolute Gasteiger partial charge is 0.248 e. The Morgan fingerprint density at radius 1 is 0.941 bits per heavy atom. The van der Waals surface area contributed by atoms with Crippen LogP contribution in [0.5, 0.6) is 5.88 Å². The van der Waals surface area contributed by atoms with Gasteiger partial charge in [0.15, 0.2) is 5.60 Å². The van der Waals surface area contributed by atoms with Gasteiger partial charge in [-0.1, -0.05) is 0 Å². The Kier molecular flexibility index (Phi) is 5.05. The SMILES string of the molecule is FC1(F)CCC2(CC1)Oc1ncccc1-c1cnc(Nc3ccc(N4CCNCC4)cn3)nc12. The van der Waals surface area contributed by atoms with Gasteiger partial charge in [-0.2, -0.15) is 0 Å². The molecule has 5 heterocycles. The van der Waals surface area contributed by atoms with E-state index in [4.69, 9.17) is 9.72 Å². The minimum Gasteiger partial charge on any atom is -0.464 e. The Balaban J connectivity index is 1.31. The number of hydrogen-bond acceptors (Lipinski definition) is 8. The number of pyridine rings is 2. The first kappa shape index (κ1) is 21.2. The third-order valence-corrected chi connectivity index (χ3v) is 6.83. The first-order valence-corrected chi connectivity index (χ1v) is 11.6. The molecule has 34 heavy (non-hydrogen) atoms. The molecular weight excluding hydrogens is 440 g/mol. The number of hydrogen-bond donors (Lipinski definition) is 2. The molecule has 1 aliphatic carbocycles. The van der Waals surface area contributed by atoms with E-state index in [-0.39, 0.29) is 25.7 Å².